The average molecular weight is 401 g/mol. The fraction of sp³-hybridized carbons (Fsp3) is 0.0870. The molecule has 4 aromatic rings. The molecule has 2 heterocycles. The maximum absolute atomic E-state index is 13.1. The predicted octanol–water partition coefficient (Wildman–Crippen LogP) is 4.95. The molecule has 0 unspecified atom stereocenters. The molecule has 4 rings (SSSR count). The minimum atomic E-state index is -0.148. The molecular weight excluding hydrogens is 382 g/mol. The number of anilines is 1. The Morgan fingerprint density at radius 1 is 1.10 bits per heavy atom. The molecule has 0 aliphatic rings. The standard InChI is InChI=1S/C23H19N3O2S/c1-28-19-11-12-21-20(15-19)25-23(29-21)26(16-18-9-5-6-14-24-18)22(27)13-10-17-7-3-2-4-8-17/h2-15H,16H2,1H3/b13-10+. The van der Waals surface area contributed by atoms with Gasteiger partial charge in [0.15, 0.2) is 5.13 Å². The van der Waals surface area contributed by atoms with Crippen LogP contribution in [0.2, 0.25) is 0 Å². The molecule has 0 radical (unpaired) electrons. The Bertz CT molecular complexity index is 1140. The lowest BCUT2D eigenvalue weighted by Gasteiger charge is -2.17. The van der Waals surface area contributed by atoms with Gasteiger partial charge in [-0.2, -0.15) is 0 Å². The van der Waals surface area contributed by atoms with E-state index >= 15 is 0 Å². The fourth-order valence-electron chi connectivity index (χ4n) is 2.85. The summed E-state index contributed by atoms with van der Waals surface area (Å²) in [6.45, 7) is 0.343. The maximum atomic E-state index is 13.1. The number of thiazole rings is 1. The van der Waals surface area contributed by atoms with Gasteiger partial charge in [0.2, 0.25) is 0 Å². The zero-order valence-corrected chi connectivity index (χ0v) is 16.7. The lowest BCUT2D eigenvalue weighted by molar-refractivity contribution is -0.114. The molecule has 0 saturated carbocycles. The van der Waals surface area contributed by atoms with E-state index < -0.39 is 0 Å². The normalized spacial score (nSPS) is 11.1. The van der Waals surface area contributed by atoms with Crippen LogP contribution in [-0.4, -0.2) is 23.0 Å². The zero-order valence-electron chi connectivity index (χ0n) is 15.9. The number of aromatic nitrogens is 2. The number of benzene rings is 2. The third kappa shape index (κ3) is 4.50. The van der Waals surface area contributed by atoms with E-state index in [1.807, 2.05) is 72.8 Å². The number of nitrogens with zero attached hydrogens (tertiary/aromatic N) is 3. The minimum absolute atomic E-state index is 0.148. The van der Waals surface area contributed by atoms with Crippen molar-refractivity contribution in [3.8, 4) is 5.75 Å². The Hall–Kier alpha value is -3.51. The molecular formula is C23H19N3O2S. The number of pyridine rings is 1. The summed E-state index contributed by atoms with van der Waals surface area (Å²) in [7, 11) is 1.62. The van der Waals surface area contributed by atoms with Crippen LogP contribution in [0.5, 0.6) is 5.75 Å². The van der Waals surface area contributed by atoms with Crippen LogP contribution in [-0.2, 0) is 11.3 Å². The van der Waals surface area contributed by atoms with Crippen molar-refractivity contribution in [2.75, 3.05) is 12.0 Å². The first-order valence-corrected chi connectivity index (χ1v) is 9.94. The van der Waals surface area contributed by atoms with Crippen molar-refractivity contribution < 1.29 is 9.53 Å². The van der Waals surface area contributed by atoms with E-state index in [0.717, 1.165) is 27.2 Å². The van der Waals surface area contributed by atoms with E-state index in [1.54, 1.807) is 24.3 Å². The molecule has 29 heavy (non-hydrogen) atoms. The molecule has 2 aromatic heterocycles. The molecule has 2 aromatic carbocycles. The van der Waals surface area contributed by atoms with Crippen LogP contribution in [0.25, 0.3) is 16.3 Å². The van der Waals surface area contributed by atoms with E-state index in [-0.39, 0.29) is 5.91 Å². The predicted molar refractivity (Wildman–Crippen MR) is 117 cm³/mol. The number of amides is 1. The summed E-state index contributed by atoms with van der Waals surface area (Å²) in [5.74, 6) is 0.589. The Labute approximate surface area is 172 Å². The average Bonchev–Trinajstić information content (AvgIpc) is 3.20. The third-order valence-corrected chi connectivity index (χ3v) is 5.40. The van der Waals surface area contributed by atoms with Crippen molar-refractivity contribution in [2.24, 2.45) is 0 Å². The number of methoxy groups -OCH3 is 1. The van der Waals surface area contributed by atoms with Gasteiger partial charge in [0.05, 0.1) is 29.6 Å². The van der Waals surface area contributed by atoms with Gasteiger partial charge in [-0.1, -0.05) is 47.7 Å². The molecule has 0 spiro atoms. The Morgan fingerprint density at radius 3 is 2.69 bits per heavy atom. The molecule has 0 aliphatic heterocycles. The monoisotopic (exact) mass is 401 g/mol. The highest BCUT2D eigenvalue weighted by atomic mass is 32.1. The zero-order chi connectivity index (χ0) is 20.1. The quantitative estimate of drug-likeness (QED) is 0.429. The molecule has 0 N–H and O–H groups in total. The minimum Gasteiger partial charge on any atom is -0.497 e. The largest absolute Gasteiger partial charge is 0.497 e. The first-order chi connectivity index (χ1) is 14.2. The summed E-state index contributed by atoms with van der Waals surface area (Å²) in [6, 6.07) is 21.1. The first kappa shape index (κ1) is 18.8. The third-order valence-electron chi connectivity index (χ3n) is 4.34. The highest BCUT2D eigenvalue weighted by molar-refractivity contribution is 7.22. The molecule has 0 bridgehead atoms. The number of hydrogen-bond donors (Lipinski definition) is 0. The highest BCUT2D eigenvalue weighted by Gasteiger charge is 2.19. The molecule has 0 saturated heterocycles. The SMILES string of the molecule is COc1ccc2sc(N(Cc3ccccn3)C(=O)/C=C/c3ccccc3)nc2c1. The molecule has 5 nitrogen and oxygen atoms in total. The Balaban J connectivity index is 1.68. The van der Waals surface area contributed by atoms with Gasteiger partial charge in [-0.15, -0.1) is 0 Å². The Kier molecular flexibility index (Phi) is 5.63. The van der Waals surface area contributed by atoms with Gasteiger partial charge < -0.3 is 4.74 Å². The van der Waals surface area contributed by atoms with Crippen LogP contribution < -0.4 is 9.64 Å². The Morgan fingerprint density at radius 2 is 1.93 bits per heavy atom. The van der Waals surface area contributed by atoms with Crippen LogP contribution in [0.3, 0.4) is 0 Å². The fourth-order valence-corrected chi connectivity index (χ4v) is 3.80. The van der Waals surface area contributed by atoms with Crippen molar-refractivity contribution in [1.82, 2.24) is 9.97 Å². The van der Waals surface area contributed by atoms with Gasteiger partial charge in [-0.05, 0) is 35.9 Å². The summed E-state index contributed by atoms with van der Waals surface area (Å²) in [5.41, 5.74) is 2.56. The van der Waals surface area contributed by atoms with Gasteiger partial charge in [0.1, 0.15) is 5.75 Å². The number of rotatable bonds is 6. The van der Waals surface area contributed by atoms with Crippen LogP contribution >= 0.6 is 11.3 Å². The lowest BCUT2D eigenvalue weighted by atomic mass is 10.2. The van der Waals surface area contributed by atoms with E-state index in [2.05, 4.69) is 9.97 Å². The van der Waals surface area contributed by atoms with Crippen LogP contribution in [0.4, 0.5) is 5.13 Å². The second-order valence-corrected chi connectivity index (χ2v) is 7.33. The second kappa shape index (κ2) is 8.67. The second-order valence-electron chi connectivity index (χ2n) is 6.32. The van der Waals surface area contributed by atoms with E-state index in [1.165, 1.54) is 11.3 Å². The lowest BCUT2D eigenvalue weighted by Crippen LogP contribution is -2.29. The van der Waals surface area contributed by atoms with Crippen molar-refractivity contribution >= 4 is 38.7 Å². The number of ether oxygens (including phenoxy) is 1. The summed E-state index contributed by atoms with van der Waals surface area (Å²) in [5, 5.41) is 0.626. The van der Waals surface area contributed by atoms with E-state index in [0.29, 0.717) is 11.7 Å². The number of fused-ring (bicyclic) bond motifs is 1. The summed E-state index contributed by atoms with van der Waals surface area (Å²) in [6.07, 6.45) is 5.11. The van der Waals surface area contributed by atoms with Gasteiger partial charge >= 0.3 is 0 Å². The van der Waals surface area contributed by atoms with Crippen LogP contribution in [0.1, 0.15) is 11.3 Å². The molecule has 6 heteroatoms. The molecule has 0 atom stereocenters. The molecule has 1 amide bonds. The van der Waals surface area contributed by atoms with Gasteiger partial charge in [-0.25, -0.2) is 4.98 Å². The maximum Gasteiger partial charge on any atom is 0.253 e. The topological polar surface area (TPSA) is 55.3 Å². The van der Waals surface area contributed by atoms with Crippen molar-refractivity contribution in [1.29, 1.82) is 0 Å². The van der Waals surface area contributed by atoms with Gasteiger partial charge in [-0.3, -0.25) is 14.7 Å². The van der Waals surface area contributed by atoms with Crippen LogP contribution in [0.15, 0.2) is 79.0 Å². The van der Waals surface area contributed by atoms with Crippen molar-refractivity contribution in [2.45, 2.75) is 6.54 Å². The molecule has 144 valence electrons. The number of carbonyl (C=O) groups excluding carboxylic acids is 1. The molecule has 0 aliphatic carbocycles. The van der Waals surface area contributed by atoms with E-state index in [4.69, 9.17) is 4.74 Å². The summed E-state index contributed by atoms with van der Waals surface area (Å²) in [4.78, 5) is 23.8. The highest BCUT2D eigenvalue weighted by Crippen LogP contribution is 2.32. The van der Waals surface area contributed by atoms with Crippen LogP contribution in [0, 0.1) is 0 Å². The van der Waals surface area contributed by atoms with Gasteiger partial charge in [0.25, 0.3) is 5.91 Å². The molecule has 0 fully saturated rings. The first-order valence-electron chi connectivity index (χ1n) is 9.12. The number of hydrogen-bond acceptors (Lipinski definition) is 5. The number of carbonyl (C=O) groups is 1. The van der Waals surface area contributed by atoms with E-state index in [9.17, 15) is 4.79 Å². The van der Waals surface area contributed by atoms with Crippen molar-refractivity contribution in [3.63, 3.8) is 0 Å². The summed E-state index contributed by atoms with van der Waals surface area (Å²) >= 11 is 1.47. The summed E-state index contributed by atoms with van der Waals surface area (Å²) < 4.78 is 6.28. The van der Waals surface area contributed by atoms with Crippen molar-refractivity contribution in [3.05, 3.63) is 90.3 Å². The smallest absolute Gasteiger partial charge is 0.253 e. The van der Waals surface area contributed by atoms with Gasteiger partial charge in [0, 0.05) is 18.3 Å².